The summed E-state index contributed by atoms with van der Waals surface area (Å²) in [6.45, 7) is -0.352. The van der Waals surface area contributed by atoms with Crippen LogP contribution in [-0.4, -0.2) is 25.6 Å². The summed E-state index contributed by atoms with van der Waals surface area (Å²) in [7, 11) is 1.60. The van der Waals surface area contributed by atoms with Crippen LogP contribution in [0.4, 0.5) is 5.00 Å². The Kier molecular flexibility index (Phi) is 6.09. The lowest BCUT2D eigenvalue weighted by atomic mass is 10.1. The molecule has 6 nitrogen and oxygen atoms in total. The van der Waals surface area contributed by atoms with Gasteiger partial charge in [0.1, 0.15) is 16.8 Å². The molecule has 1 heterocycles. The van der Waals surface area contributed by atoms with Crippen molar-refractivity contribution in [3.8, 4) is 11.8 Å². The van der Waals surface area contributed by atoms with Gasteiger partial charge in [-0.2, -0.15) is 5.26 Å². The van der Waals surface area contributed by atoms with E-state index in [-0.39, 0.29) is 13.0 Å². The minimum Gasteiger partial charge on any atom is -0.497 e. The lowest BCUT2D eigenvalue weighted by Gasteiger charge is -2.06. The summed E-state index contributed by atoms with van der Waals surface area (Å²) in [5, 5.41) is 12.6. The number of rotatable bonds is 7. The summed E-state index contributed by atoms with van der Waals surface area (Å²) in [4.78, 5) is 25.1. The van der Waals surface area contributed by atoms with E-state index < -0.39 is 11.9 Å². The highest BCUT2D eigenvalue weighted by Crippen LogP contribution is 2.38. The Hall–Kier alpha value is -2.85. The molecule has 0 saturated heterocycles. The Balaban J connectivity index is 1.45. The Morgan fingerprint density at radius 2 is 2.04 bits per heavy atom. The number of anilines is 1. The molecule has 27 heavy (non-hydrogen) atoms. The van der Waals surface area contributed by atoms with Crippen molar-refractivity contribution in [2.75, 3.05) is 19.0 Å². The van der Waals surface area contributed by atoms with Crippen molar-refractivity contribution in [2.45, 2.75) is 32.1 Å². The van der Waals surface area contributed by atoms with Gasteiger partial charge in [0.05, 0.1) is 12.7 Å². The molecular weight excluding hydrogens is 364 g/mol. The molecule has 1 aromatic carbocycles. The van der Waals surface area contributed by atoms with Gasteiger partial charge in [-0.25, -0.2) is 0 Å². The minimum absolute atomic E-state index is 0.191. The SMILES string of the molecule is COc1ccc(CCC(=O)OCC(=O)Nc2sc3c(c2C#N)CCC3)cc1. The van der Waals surface area contributed by atoms with Crippen LogP contribution in [0.3, 0.4) is 0 Å². The first-order valence-electron chi connectivity index (χ1n) is 8.73. The molecule has 0 unspecified atom stereocenters. The highest BCUT2D eigenvalue weighted by atomic mass is 32.1. The number of fused-ring (bicyclic) bond motifs is 1. The van der Waals surface area contributed by atoms with Gasteiger partial charge in [0.15, 0.2) is 6.61 Å². The molecule has 0 bridgehead atoms. The van der Waals surface area contributed by atoms with E-state index in [1.807, 2.05) is 24.3 Å². The van der Waals surface area contributed by atoms with Crippen LogP contribution in [-0.2, 0) is 33.6 Å². The summed E-state index contributed by atoms with van der Waals surface area (Å²) in [5.41, 5.74) is 2.59. The number of nitriles is 1. The third kappa shape index (κ3) is 4.66. The highest BCUT2D eigenvalue weighted by Gasteiger charge is 2.23. The maximum Gasteiger partial charge on any atom is 0.306 e. The second-order valence-corrected chi connectivity index (χ2v) is 7.34. The van der Waals surface area contributed by atoms with E-state index >= 15 is 0 Å². The molecule has 140 valence electrons. The molecule has 1 N–H and O–H groups in total. The second kappa shape index (κ2) is 8.69. The maximum atomic E-state index is 12.1. The number of methoxy groups -OCH3 is 1. The number of nitrogens with one attached hydrogen (secondary N) is 1. The Morgan fingerprint density at radius 3 is 2.74 bits per heavy atom. The molecule has 2 aromatic rings. The molecule has 0 atom stereocenters. The number of esters is 1. The molecule has 1 aromatic heterocycles. The summed E-state index contributed by atoms with van der Waals surface area (Å²) in [6, 6.07) is 9.61. The monoisotopic (exact) mass is 384 g/mol. The average molecular weight is 384 g/mol. The number of aryl methyl sites for hydroxylation is 2. The summed E-state index contributed by atoms with van der Waals surface area (Å²) < 4.78 is 10.1. The van der Waals surface area contributed by atoms with Crippen molar-refractivity contribution in [3.05, 3.63) is 45.8 Å². The van der Waals surface area contributed by atoms with Crippen molar-refractivity contribution in [2.24, 2.45) is 0 Å². The van der Waals surface area contributed by atoms with Crippen molar-refractivity contribution < 1.29 is 19.1 Å². The lowest BCUT2D eigenvalue weighted by molar-refractivity contribution is -0.147. The Bertz CT molecular complexity index is 881. The van der Waals surface area contributed by atoms with E-state index in [9.17, 15) is 14.9 Å². The molecule has 0 spiro atoms. The van der Waals surface area contributed by atoms with Gasteiger partial charge < -0.3 is 14.8 Å². The van der Waals surface area contributed by atoms with E-state index in [4.69, 9.17) is 9.47 Å². The number of amides is 1. The van der Waals surface area contributed by atoms with Crippen LogP contribution in [0.2, 0.25) is 0 Å². The van der Waals surface area contributed by atoms with Crippen molar-refractivity contribution in [1.82, 2.24) is 0 Å². The summed E-state index contributed by atoms with van der Waals surface area (Å²) >= 11 is 1.44. The fourth-order valence-electron chi connectivity index (χ4n) is 3.03. The third-order valence-corrected chi connectivity index (χ3v) is 5.63. The maximum absolute atomic E-state index is 12.1. The van der Waals surface area contributed by atoms with E-state index in [0.717, 1.165) is 36.1 Å². The topological polar surface area (TPSA) is 88.4 Å². The van der Waals surface area contributed by atoms with Gasteiger partial charge in [-0.3, -0.25) is 9.59 Å². The molecule has 3 rings (SSSR count). The van der Waals surface area contributed by atoms with Gasteiger partial charge in [-0.05, 0) is 48.9 Å². The van der Waals surface area contributed by atoms with Gasteiger partial charge in [0.25, 0.3) is 5.91 Å². The highest BCUT2D eigenvalue weighted by molar-refractivity contribution is 7.16. The third-order valence-electron chi connectivity index (χ3n) is 4.43. The number of nitrogens with zero attached hydrogens (tertiary/aromatic N) is 1. The fraction of sp³-hybridized carbons (Fsp3) is 0.350. The first-order chi connectivity index (χ1) is 13.1. The number of carbonyl (C=O) groups excluding carboxylic acids is 2. The number of thiophene rings is 1. The Labute approximate surface area is 161 Å². The van der Waals surface area contributed by atoms with Crippen LogP contribution in [0.1, 0.15) is 34.4 Å². The number of hydrogen-bond acceptors (Lipinski definition) is 6. The predicted octanol–water partition coefficient (Wildman–Crippen LogP) is 3.23. The molecule has 1 amide bonds. The van der Waals surface area contributed by atoms with Crippen LogP contribution in [0.5, 0.6) is 5.75 Å². The zero-order chi connectivity index (χ0) is 19.2. The first kappa shape index (κ1) is 18.9. The predicted molar refractivity (Wildman–Crippen MR) is 102 cm³/mol. The molecule has 7 heteroatoms. The standard InChI is InChI=1S/C20H20N2O4S/c1-25-14-8-5-13(6-9-14)7-10-19(24)26-12-18(23)22-20-16(11-21)15-3-2-4-17(15)27-20/h5-6,8-9H,2-4,7,10,12H2,1H3,(H,22,23). The summed E-state index contributed by atoms with van der Waals surface area (Å²) in [5.74, 6) is -0.103. The van der Waals surface area contributed by atoms with Gasteiger partial charge >= 0.3 is 5.97 Å². The van der Waals surface area contributed by atoms with Gasteiger partial charge in [-0.15, -0.1) is 11.3 Å². The molecule has 1 aliphatic rings. The average Bonchev–Trinajstić information content (AvgIpc) is 3.25. The molecular formula is C20H20N2O4S. The first-order valence-corrected chi connectivity index (χ1v) is 9.55. The van der Waals surface area contributed by atoms with Crippen molar-refractivity contribution in [1.29, 1.82) is 5.26 Å². The minimum atomic E-state index is -0.435. The Morgan fingerprint density at radius 1 is 1.26 bits per heavy atom. The number of benzene rings is 1. The largest absolute Gasteiger partial charge is 0.497 e. The van der Waals surface area contributed by atoms with E-state index in [1.165, 1.54) is 16.2 Å². The molecule has 0 fully saturated rings. The van der Waals surface area contributed by atoms with Crippen LogP contribution in [0, 0.1) is 11.3 Å². The lowest BCUT2D eigenvalue weighted by Crippen LogP contribution is -2.21. The zero-order valence-electron chi connectivity index (χ0n) is 15.0. The second-order valence-electron chi connectivity index (χ2n) is 6.23. The van der Waals surface area contributed by atoms with Crippen LogP contribution in [0.25, 0.3) is 0 Å². The van der Waals surface area contributed by atoms with Gasteiger partial charge in [-0.1, -0.05) is 12.1 Å². The molecule has 0 aliphatic heterocycles. The normalized spacial score (nSPS) is 12.1. The van der Waals surface area contributed by atoms with E-state index in [1.54, 1.807) is 7.11 Å². The van der Waals surface area contributed by atoms with Crippen LogP contribution in [0.15, 0.2) is 24.3 Å². The van der Waals surface area contributed by atoms with Gasteiger partial charge in [0, 0.05) is 11.3 Å². The number of carbonyl (C=O) groups is 2. The smallest absolute Gasteiger partial charge is 0.306 e. The van der Waals surface area contributed by atoms with Gasteiger partial charge in [0.2, 0.25) is 0 Å². The molecule has 1 aliphatic carbocycles. The number of hydrogen-bond donors (Lipinski definition) is 1. The van der Waals surface area contributed by atoms with Crippen LogP contribution < -0.4 is 10.1 Å². The number of ether oxygens (including phenoxy) is 2. The fourth-order valence-corrected chi connectivity index (χ4v) is 4.29. The summed E-state index contributed by atoms with van der Waals surface area (Å²) in [6.07, 6.45) is 3.60. The van der Waals surface area contributed by atoms with Crippen molar-refractivity contribution >= 4 is 28.2 Å². The van der Waals surface area contributed by atoms with E-state index in [2.05, 4.69) is 11.4 Å². The molecule has 0 saturated carbocycles. The van der Waals surface area contributed by atoms with Crippen molar-refractivity contribution in [3.63, 3.8) is 0 Å². The molecule has 0 radical (unpaired) electrons. The van der Waals surface area contributed by atoms with E-state index in [0.29, 0.717) is 17.0 Å². The zero-order valence-corrected chi connectivity index (χ0v) is 15.9. The van der Waals surface area contributed by atoms with Crippen LogP contribution >= 0.6 is 11.3 Å². The quantitative estimate of drug-likeness (QED) is 0.741.